The lowest BCUT2D eigenvalue weighted by atomic mass is 10.1. The van der Waals surface area contributed by atoms with Crippen molar-refractivity contribution in [2.45, 2.75) is 46.1 Å². The van der Waals surface area contributed by atoms with E-state index in [1.807, 2.05) is 26.0 Å². The molecule has 1 heteroatoms. The van der Waals surface area contributed by atoms with Crippen molar-refractivity contribution in [2.75, 3.05) is 0 Å². The highest BCUT2D eigenvalue weighted by Gasteiger charge is 2.00. The van der Waals surface area contributed by atoms with Crippen molar-refractivity contribution >= 4 is 0 Å². The molecule has 0 saturated carbocycles. The van der Waals surface area contributed by atoms with Crippen LogP contribution in [-0.4, -0.2) is 6.10 Å². The molecular weight excluding hydrogens is 148 g/mol. The number of unbranched alkanes of at least 4 members (excludes halogenated alkanes) is 1. The van der Waals surface area contributed by atoms with Crippen LogP contribution in [0.2, 0.25) is 0 Å². The molecule has 70 valence electrons. The molecule has 0 aliphatic carbocycles. The fourth-order valence-corrected chi connectivity index (χ4v) is 1.01. The van der Waals surface area contributed by atoms with Gasteiger partial charge in [-0.15, -0.1) is 0 Å². The minimum absolute atomic E-state index is 0.270. The monoisotopic (exact) mass is 168 g/mol. The van der Waals surface area contributed by atoms with E-state index < -0.39 is 0 Å². The maximum atomic E-state index is 5.47. The fraction of sp³-hybridized carbons (Fsp3) is 0.636. The molecule has 0 radical (unpaired) electrons. The quantitative estimate of drug-likeness (QED) is 0.434. The molecular formula is C11H20O. The third-order valence-corrected chi connectivity index (χ3v) is 1.64. The van der Waals surface area contributed by atoms with Crippen LogP contribution < -0.4 is 0 Å². The second-order valence-corrected chi connectivity index (χ2v) is 2.81. The van der Waals surface area contributed by atoms with Gasteiger partial charge in [-0.3, -0.25) is 0 Å². The topological polar surface area (TPSA) is 9.23 Å². The van der Waals surface area contributed by atoms with E-state index >= 15 is 0 Å². The number of rotatable bonds is 6. The normalized spacial score (nSPS) is 14.2. The third kappa shape index (κ3) is 6.02. The lowest BCUT2D eigenvalue weighted by Crippen LogP contribution is -2.05. The van der Waals surface area contributed by atoms with Gasteiger partial charge in [0.15, 0.2) is 0 Å². The first-order valence-electron chi connectivity index (χ1n) is 4.74. The molecule has 0 bridgehead atoms. The molecule has 0 N–H and O–H groups in total. The first kappa shape index (κ1) is 11.3. The maximum Gasteiger partial charge on any atom is 0.116 e. The third-order valence-electron chi connectivity index (χ3n) is 1.64. The highest BCUT2D eigenvalue weighted by Crippen LogP contribution is 2.06. The second-order valence-electron chi connectivity index (χ2n) is 2.81. The largest absolute Gasteiger partial charge is 0.494 e. The molecule has 0 aromatic heterocycles. The molecule has 0 aromatic rings. The average molecular weight is 168 g/mol. The summed E-state index contributed by atoms with van der Waals surface area (Å²) in [5.41, 5.74) is 0. The Kier molecular flexibility index (Phi) is 7.87. The van der Waals surface area contributed by atoms with Gasteiger partial charge in [-0.25, -0.2) is 0 Å². The molecule has 0 spiro atoms. The van der Waals surface area contributed by atoms with Gasteiger partial charge in [0.05, 0.1) is 6.26 Å². The van der Waals surface area contributed by atoms with Crippen molar-refractivity contribution in [1.29, 1.82) is 0 Å². The van der Waals surface area contributed by atoms with Crippen molar-refractivity contribution in [3.8, 4) is 0 Å². The van der Waals surface area contributed by atoms with E-state index in [2.05, 4.69) is 13.0 Å². The average Bonchev–Trinajstić information content (AvgIpc) is 2.10. The van der Waals surface area contributed by atoms with Gasteiger partial charge in [-0.05, 0) is 32.8 Å². The zero-order valence-corrected chi connectivity index (χ0v) is 8.42. The Balaban J connectivity index is 3.69. The first-order chi connectivity index (χ1) is 5.85. The summed E-state index contributed by atoms with van der Waals surface area (Å²) in [5.74, 6) is 0. The number of ether oxygens (including phenoxy) is 1. The molecule has 0 heterocycles. The van der Waals surface area contributed by atoms with Crippen LogP contribution in [0.1, 0.15) is 40.0 Å². The minimum atomic E-state index is 0.270. The van der Waals surface area contributed by atoms with Crippen LogP contribution in [0.3, 0.4) is 0 Å². The summed E-state index contributed by atoms with van der Waals surface area (Å²) in [6.07, 6.45) is 11.7. The van der Waals surface area contributed by atoms with Crippen LogP contribution >= 0.6 is 0 Å². The molecule has 1 atom stereocenters. The molecule has 0 aliphatic heterocycles. The van der Waals surface area contributed by atoms with Gasteiger partial charge in [-0.2, -0.15) is 0 Å². The standard InChI is InChI=1S/C11H20O/c1-4-7-9-11(8-5-2)12-10-6-3/h5-6,8,10-11H,4,7,9H2,1-3H3/b8-5+,10-6+. The first-order valence-corrected chi connectivity index (χ1v) is 4.74. The van der Waals surface area contributed by atoms with Crippen molar-refractivity contribution in [3.05, 3.63) is 24.5 Å². The van der Waals surface area contributed by atoms with Gasteiger partial charge in [0.1, 0.15) is 6.10 Å². The van der Waals surface area contributed by atoms with E-state index in [0.717, 1.165) is 6.42 Å². The summed E-state index contributed by atoms with van der Waals surface area (Å²) in [4.78, 5) is 0. The summed E-state index contributed by atoms with van der Waals surface area (Å²) < 4.78 is 5.47. The predicted molar refractivity (Wildman–Crippen MR) is 54.0 cm³/mol. The van der Waals surface area contributed by atoms with E-state index in [1.54, 1.807) is 6.26 Å². The summed E-state index contributed by atoms with van der Waals surface area (Å²) in [7, 11) is 0. The summed E-state index contributed by atoms with van der Waals surface area (Å²) in [6, 6.07) is 0. The smallest absolute Gasteiger partial charge is 0.116 e. The lowest BCUT2D eigenvalue weighted by molar-refractivity contribution is 0.174. The van der Waals surface area contributed by atoms with E-state index in [4.69, 9.17) is 4.74 Å². The van der Waals surface area contributed by atoms with Crippen molar-refractivity contribution in [2.24, 2.45) is 0 Å². The van der Waals surface area contributed by atoms with E-state index in [0.29, 0.717) is 0 Å². The van der Waals surface area contributed by atoms with Crippen LogP contribution in [0.15, 0.2) is 24.5 Å². The predicted octanol–water partition coefficient (Wildman–Crippen LogP) is 3.67. The Morgan fingerprint density at radius 3 is 2.50 bits per heavy atom. The Hall–Kier alpha value is -0.720. The van der Waals surface area contributed by atoms with Crippen LogP contribution in [0, 0.1) is 0 Å². The van der Waals surface area contributed by atoms with Gasteiger partial charge in [-0.1, -0.05) is 25.5 Å². The Labute approximate surface area is 76.1 Å². The highest BCUT2D eigenvalue weighted by molar-refractivity contribution is 4.88. The fourth-order valence-electron chi connectivity index (χ4n) is 1.01. The lowest BCUT2D eigenvalue weighted by Gasteiger charge is -2.11. The van der Waals surface area contributed by atoms with Gasteiger partial charge >= 0.3 is 0 Å². The van der Waals surface area contributed by atoms with Crippen LogP contribution in [0.25, 0.3) is 0 Å². The van der Waals surface area contributed by atoms with Crippen LogP contribution in [-0.2, 0) is 4.74 Å². The molecule has 0 fully saturated rings. The minimum Gasteiger partial charge on any atom is -0.494 e. The Bertz CT molecular complexity index is 136. The highest BCUT2D eigenvalue weighted by atomic mass is 16.5. The van der Waals surface area contributed by atoms with E-state index in [9.17, 15) is 0 Å². The zero-order valence-electron chi connectivity index (χ0n) is 8.42. The second kappa shape index (κ2) is 8.38. The molecule has 1 nitrogen and oxygen atoms in total. The summed E-state index contributed by atoms with van der Waals surface area (Å²) in [5, 5.41) is 0. The molecule has 1 unspecified atom stereocenters. The van der Waals surface area contributed by atoms with E-state index in [1.165, 1.54) is 12.8 Å². The molecule has 12 heavy (non-hydrogen) atoms. The molecule has 0 aliphatic rings. The van der Waals surface area contributed by atoms with Crippen molar-refractivity contribution in [3.63, 3.8) is 0 Å². The van der Waals surface area contributed by atoms with Gasteiger partial charge < -0.3 is 4.74 Å². The maximum absolute atomic E-state index is 5.47. The van der Waals surface area contributed by atoms with Crippen LogP contribution in [0.4, 0.5) is 0 Å². The van der Waals surface area contributed by atoms with Crippen molar-refractivity contribution < 1.29 is 4.74 Å². The van der Waals surface area contributed by atoms with Crippen LogP contribution in [0.5, 0.6) is 0 Å². The zero-order chi connectivity index (χ0) is 9.23. The molecule has 0 saturated heterocycles. The van der Waals surface area contributed by atoms with E-state index in [-0.39, 0.29) is 6.10 Å². The number of allylic oxidation sites excluding steroid dienone is 2. The van der Waals surface area contributed by atoms with Gasteiger partial charge in [0, 0.05) is 0 Å². The Morgan fingerprint density at radius 2 is 2.00 bits per heavy atom. The summed E-state index contributed by atoms with van der Waals surface area (Å²) in [6.45, 7) is 6.19. The number of hydrogen-bond donors (Lipinski definition) is 0. The summed E-state index contributed by atoms with van der Waals surface area (Å²) >= 11 is 0. The molecule has 0 rings (SSSR count). The van der Waals surface area contributed by atoms with Gasteiger partial charge in [0.2, 0.25) is 0 Å². The molecule has 0 amide bonds. The molecule has 0 aromatic carbocycles. The van der Waals surface area contributed by atoms with Crippen molar-refractivity contribution in [1.82, 2.24) is 0 Å². The SMILES string of the molecule is C/C=C/OC(/C=C/C)CCCC. The Morgan fingerprint density at radius 1 is 1.25 bits per heavy atom. The van der Waals surface area contributed by atoms with Gasteiger partial charge in [0.25, 0.3) is 0 Å². The number of hydrogen-bond acceptors (Lipinski definition) is 1.